The summed E-state index contributed by atoms with van der Waals surface area (Å²) in [6.07, 6.45) is 4.56. The van der Waals surface area contributed by atoms with Gasteiger partial charge in [-0.2, -0.15) is 0 Å². The first kappa shape index (κ1) is 32.7. The molecule has 0 radical (unpaired) electrons. The van der Waals surface area contributed by atoms with E-state index < -0.39 is 5.25 Å². The fraction of sp³-hybridized carbons (Fsp3) is 0.583. The summed E-state index contributed by atoms with van der Waals surface area (Å²) in [5, 5.41) is 12.6. The van der Waals surface area contributed by atoms with E-state index in [-0.39, 0.29) is 47.2 Å². The van der Waals surface area contributed by atoms with Crippen LogP contribution >= 0.6 is 11.8 Å². The molecular formula is C36H49N5O4S. The first-order valence-electron chi connectivity index (χ1n) is 17.0. The number of carbonyl (C=O) groups is 3. The molecule has 46 heavy (non-hydrogen) atoms. The molecule has 4 heterocycles. The molecule has 0 bridgehead atoms. The number of piperidine rings is 2. The van der Waals surface area contributed by atoms with Crippen LogP contribution < -0.4 is 10.2 Å². The van der Waals surface area contributed by atoms with Gasteiger partial charge in [-0.25, -0.2) is 4.79 Å². The lowest BCUT2D eigenvalue weighted by Gasteiger charge is -2.38. The van der Waals surface area contributed by atoms with Crippen LogP contribution in [0, 0.1) is 5.41 Å². The van der Waals surface area contributed by atoms with Crippen LogP contribution in [0.2, 0.25) is 0 Å². The highest BCUT2D eigenvalue weighted by atomic mass is 32.2. The summed E-state index contributed by atoms with van der Waals surface area (Å²) in [7, 11) is 0. The zero-order valence-corrected chi connectivity index (χ0v) is 28.3. The van der Waals surface area contributed by atoms with Crippen LogP contribution in [0.4, 0.5) is 16.2 Å². The van der Waals surface area contributed by atoms with Crippen LogP contribution in [-0.4, -0.2) is 94.3 Å². The number of hydrogen-bond donors (Lipinski definition) is 2. The van der Waals surface area contributed by atoms with Crippen LogP contribution in [0.25, 0.3) is 0 Å². The molecule has 10 heteroatoms. The number of likely N-dealkylation sites (tertiary alicyclic amines) is 1. The second kappa shape index (κ2) is 13.9. The number of nitrogens with zero attached hydrogens (tertiary/aromatic N) is 4. The first-order chi connectivity index (χ1) is 22.1. The number of amides is 4. The number of carbonyl (C=O) groups excluding carboxylic acids is 3. The Bertz CT molecular complexity index is 1410. The maximum atomic E-state index is 14.0. The van der Waals surface area contributed by atoms with Crippen molar-refractivity contribution in [1.29, 1.82) is 0 Å². The molecule has 0 aliphatic carbocycles. The number of hydrogen-bond acceptors (Lipinski definition) is 6. The Morgan fingerprint density at radius 1 is 0.935 bits per heavy atom. The molecule has 4 aliphatic heterocycles. The number of para-hydroxylation sites is 2. The monoisotopic (exact) mass is 647 g/mol. The van der Waals surface area contributed by atoms with Crippen LogP contribution in [-0.2, 0) is 16.0 Å². The van der Waals surface area contributed by atoms with E-state index in [2.05, 4.69) is 49.2 Å². The summed E-state index contributed by atoms with van der Waals surface area (Å²) < 4.78 is 0. The molecule has 0 spiro atoms. The predicted molar refractivity (Wildman–Crippen MR) is 184 cm³/mol. The van der Waals surface area contributed by atoms with Crippen molar-refractivity contribution in [1.82, 2.24) is 14.7 Å². The normalized spacial score (nSPS) is 23.4. The highest BCUT2D eigenvalue weighted by Crippen LogP contribution is 2.48. The highest BCUT2D eigenvalue weighted by Gasteiger charge is 2.44. The van der Waals surface area contributed by atoms with Gasteiger partial charge in [0.15, 0.2) is 0 Å². The Hall–Kier alpha value is -3.24. The summed E-state index contributed by atoms with van der Waals surface area (Å²) in [5.74, 6) is 0.0684. The van der Waals surface area contributed by atoms with Crippen molar-refractivity contribution in [3.63, 3.8) is 0 Å². The largest absolute Gasteiger partial charge is 0.393 e. The van der Waals surface area contributed by atoms with Gasteiger partial charge in [0.25, 0.3) is 0 Å². The van der Waals surface area contributed by atoms with Crippen molar-refractivity contribution in [2.24, 2.45) is 5.41 Å². The molecule has 0 saturated carbocycles. The Labute approximate surface area is 277 Å². The van der Waals surface area contributed by atoms with Gasteiger partial charge in [-0.3, -0.25) is 9.59 Å². The highest BCUT2D eigenvalue weighted by molar-refractivity contribution is 8.01. The van der Waals surface area contributed by atoms with Crippen molar-refractivity contribution in [2.75, 3.05) is 49.5 Å². The van der Waals surface area contributed by atoms with Gasteiger partial charge in [0, 0.05) is 68.7 Å². The second-order valence-electron chi connectivity index (χ2n) is 14.4. The fourth-order valence-corrected chi connectivity index (χ4v) is 8.70. The zero-order valence-electron chi connectivity index (χ0n) is 27.5. The number of benzene rings is 2. The molecule has 4 amide bonds. The third kappa shape index (κ3) is 7.33. The molecule has 6 rings (SSSR count). The number of anilines is 2. The van der Waals surface area contributed by atoms with Gasteiger partial charge in [-0.05, 0) is 61.6 Å². The minimum Gasteiger partial charge on any atom is -0.393 e. The molecule has 2 atom stereocenters. The van der Waals surface area contributed by atoms with E-state index in [0.29, 0.717) is 26.2 Å². The minimum atomic E-state index is -0.429. The van der Waals surface area contributed by atoms with Crippen LogP contribution in [0.5, 0.6) is 0 Å². The smallest absolute Gasteiger partial charge is 0.322 e. The number of rotatable bonds is 7. The molecule has 4 aliphatic rings. The van der Waals surface area contributed by atoms with Gasteiger partial charge in [0.05, 0.1) is 11.4 Å². The molecule has 248 valence electrons. The van der Waals surface area contributed by atoms with Crippen LogP contribution in [0.3, 0.4) is 0 Å². The molecule has 2 unspecified atom stereocenters. The lowest BCUT2D eigenvalue weighted by Crippen LogP contribution is -2.50. The van der Waals surface area contributed by atoms with Gasteiger partial charge >= 0.3 is 6.03 Å². The van der Waals surface area contributed by atoms with E-state index >= 15 is 0 Å². The van der Waals surface area contributed by atoms with E-state index in [4.69, 9.17) is 0 Å². The number of aliphatic hydroxyl groups excluding tert-OH is 1. The summed E-state index contributed by atoms with van der Waals surface area (Å²) in [4.78, 5) is 48.9. The van der Waals surface area contributed by atoms with Crippen molar-refractivity contribution < 1.29 is 19.5 Å². The van der Waals surface area contributed by atoms with Crippen molar-refractivity contribution in [3.05, 3.63) is 59.7 Å². The average Bonchev–Trinajstić information content (AvgIpc) is 3.24. The van der Waals surface area contributed by atoms with Crippen molar-refractivity contribution in [2.45, 2.75) is 88.5 Å². The minimum absolute atomic E-state index is 0.0201. The maximum Gasteiger partial charge on any atom is 0.322 e. The van der Waals surface area contributed by atoms with Crippen molar-refractivity contribution >= 4 is 41.0 Å². The SMILES string of the molecule is CC(C)(C)CCN1C(=O)C(CC(=O)N2CCC(N3CCc4ccccc4NC3=O)CC2)SC1c1ccccc1N1CCC(O)CC1. The van der Waals surface area contributed by atoms with Gasteiger partial charge in [-0.1, -0.05) is 57.2 Å². The Balaban J connectivity index is 1.11. The average molecular weight is 648 g/mol. The molecule has 0 aromatic heterocycles. The van der Waals surface area contributed by atoms with Gasteiger partial charge in [0.1, 0.15) is 5.37 Å². The van der Waals surface area contributed by atoms with E-state index in [9.17, 15) is 19.5 Å². The molecule has 3 saturated heterocycles. The number of thioether (sulfide) groups is 1. The fourth-order valence-electron chi connectivity index (χ4n) is 7.19. The van der Waals surface area contributed by atoms with E-state index in [0.717, 1.165) is 74.1 Å². The number of fused-ring (bicyclic) bond motifs is 1. The molecule has 2 aromatic rings. The Morgan fingerprint density at radius 3 is 2.37 bits per heavy atom. The standard InChI is InChI=1S/C36H49N5O4S/c1-36(2,3)17-23-41-33(44)31(46-34(41)28-9-5-7-11-30(28)38-20-15-27(42)16-21-38)24-32(43)39-18-13-26(14-19-39)40-22-12-25-8-4-6-10-29(25)37-35(40)45/h4-11,26-27,31,34,42H,12-24H2,1-3H3,(H,37,45). The Morgan fingerprint density at radius 2 is 1.63 bits per heavy atom. The number of aliphatic hydroxyl groups is 1. The summed E-state index contributed by atoms with van der Waals surface area (Å²) in [6.45, 7) is 10.7. The van der Waals surface area contributed by atoms with E-state index in [1.807, 2.05) is 45.0 Å². The molecule has 2 N–H and O–H groups in total. The lowest BCUT2D eigenvalue weighted by atomic mass is 9.92. The molecule has 2 aromatic carbocycles. The van der Waals surface area contributed by atoms with Gasteiger partial charge < -0.3 is 30.0 Å². The third-order valence-corrected chi connectivity index (χ3v) is 11.5. The van der Waals surface area contributed by atoms with E-state index in [1.54, 1.807) is 11.8 Å². The predicted octanol–water partition coefficient (Wildman–Crippen LogP) is 5.50. The number of nitrogens with one attached hydrogen (secondary N) is 1. The Kier molecular flexibility index (Phi) is 9.85. The maximum absolute atomic E-state index is 14.0. The molecule has 9 nitrogen and oxygen atoms in total. The topological polar surface area (TPSA) is 96.4 Å². The summed E-state index contributed by atoms with van der Waals surface area (Å²) in [5.41, 5.74) is 4.34. The van der Waals surface area contributed by atoms with Crippen molar-refractivity contribution in [3.8, 4) is 0 Å². The third-order valence-electron chi connectivity index (χ3n) is 10.0. The first-order valence-corrected chi connectivity index (χ1v) is 17.9. The van der Waals surface area contributed by atoms with E-state index in [1.165, 1.54) is 0 Å². The molecule has 3 fully saturated rings. The van der Waals surface area contributed by atoms with Crippen LogP contribution in [0.15, 0.2) is 48.5 Å². The molecular weight excluding hydrogens is 598 g/mol. The summed E-state index contributed by atoms with van der Waals surface area (Å²) in [6, 6.07) is 16.3. The van der Waals surface area contributed by atoms with Crippen LogP contribution in [0.1, 0.15) is 75.8 Å². The summed E-state index contributed by atoms with van der Waals surface area (Å²) >= 11 is 1.61. The van der Waals surface area contributed by atoms with Gasteiger partial charge in [0.2, 0.25) is 11.8 Å². The number of urea groups is 1. The second-order valence-corrected chi connectivity index (χ2v) is 15.7. The van der Waals surface area contributed by atoms with Gasteiger partial charge in [-0.15, -0.1) is 11.8 Å². The lowest BCUT2D eigenvalue weighted by molar-refractivity contribution is -0.137. The quantitative estimate of drug-likeness (QED) is 0.412. The zero-order chi connectivity index (χ0) is 32.4.